The van der Waals surface area contributed by atoms with Gasteiger partial charge >= 0.3 is 5.97 Å². The molecule has 1 aliphatic carbocycles. The summed E-state index contributed by atoms with van der Waals surface area (Å²) in [5.74, 6) is -2.36. The van der Waals surface area contributed by atoms with E-state index in [4.69, 9.17) is 5.11 Å². The van der Waals surface area contributed by atoms with Gasteiger partial charge in [0, 0.05) is 0 Å². The molecule has 0 atom stereocenters. The van der Waals surface area contributed by atoms with Crippen molar-refractivity contribution in [1.29, 1.82) is 0 Å². The van der Waals surface area contributed by atoms with Crippen molar-refractivity contribution in [3.63, 3.8) is 0 Å². The summed E-state index contributed by atoms with van der Waals surface area (Å²) in [6.45, 7) is 1.72. The van der Waals surface area contributed by atoms with E-state index >= 15 is 0 Å². The van der Waals surface area contributed by atoms with E-state index in [9.17, 15) is 14.0 Å². The van der Waals surface area contributed by atoms with Gasteiger partial charge in [0.15, 0.2) is 0 Å². The molecule has 0 spiro atoms. The number of hydrogen-bond donors (Lipinski definition) is 2. The fraction of sp³-hybridized carbons (Fsp3) is 0.385. The van der Waals surface area contributed by atoms with Crippen LogP contribution in [0.25, 0.3) is 0 Å². The second-order valence-corrected chi connectivity index (χ2v) is 4.68. The van der Waals surface area contributed by atoms with Crippen molar-refractivity contribution in [3.05, 3.63) is 35.1 Å². The number of aryl methyl sites for hydroxylation is 1. The lowest BCUT2D eigenvalue weighted by Gasteiger charge is -2.38. The monoisotopic (exact) mass is 251 g/mol. The lowest BCUT2D eigenvalue weighted by molar-refractivity contribution is -0.148. The summed E-state index contributed by atoms with van der Waals surface area (Å²) in [4.78, 5) is 23.0. The number of nitrogens with one attached hydrogen (secondary N) is 1. The fourth-order valence-electron chi connectivity index (χ4n) is 2.01. The van der Waals surface area contributed by atoms with Crippen molar-refractivity contribution in [2.24, 2.45) is 0 Å². The Morgan fingerprint density at radius 2 is 2.06 bits per heavy atom. The molecule has 0 heterocycles. The number of benzene rings is 1. The highest BCUT2D eigenvalue weighted by atomic mass is 19.1. The summed E-state index contributed by atoms with van der Waals surface area (Å²) in [6, 6.07) is 4.24. The van der Waals surface area contributed by atoms with Crippen molar-refractivity contribution < 1.29 is 19.1 Å². The van der Waals surface area contributed by atoms with E-state index in [0.717, 1.165) is 6.42 Å². The molecule has 96 valence electrons. The summed E-state index contributed by atoms with van der Waals surface area (Å²) in [5, 5.41) is 11.5. The maximum Gasteiger partial charge on any atom is 0.329 e. The number of hydrogen-bond acceptors (Lipinski definition) is 2. The Bertz CT molecular complexity index is 509. The number of carboxylic acid groups (broad SMARTS) is 1. The minimum Gasteiger partial charge on any atom is -0.480 e. The lowest BCUT2D eigenvalue weighted by Crippen LogP contribution is -2.59. The Labute approximate surface area is 104 Å². The number of carboxylic acids is 1. The van der Waals surface area contributed by atoms with Crippen LogP contribution in [0, 0.1) is 12.7 Å². The summed E-state index contributed by atoms with van der Waals surface area (Å²) in [5.41, 5.74) is -0.622. The molecular formula is C13H14FNO3. The van der Waals surface area contributed by atoms with Gasteiger partial charge in [0.1, 0.15) is 11.4 Å². The number of carbonyl (C=O) groups excluding carboxylic acids is 1. The van der Waals surface area contributed by atoms with Gasteiger partial charge < -0.3 is 10.4 Å². The van der Waals surface area contributed by atoms with Crippen LogP contribution in [-0.2, 0) is 4.79 Å². The quantitative estimate of drug-likeness (QED) is 0.861. The number of rotatable bonds is 3. The molecule has 1 fully saturated rings. The SMILES string of the molecule is Cc1ccc(C(=O)NC2(C(=O)O)CCC2)c(F)c1. The van der Waals surface area contributed by atoms with Gasteiger partial charge in [-0.3, -0.25) is 4.79 Å². The molecule has 0 aliphatic heterocycles. The molecule has 0 radical (unpaired) electrons. The molecule has 0 bridgehead atoms. The first-order valence-corrected chi connectivity index (χ1v) is 5.77. The summed E-state index contributed by atoms with van der Waals surface area (Å²) in [6.07, 6.45) is 1.53. The Morgan fingerprint density at radius 1 is 1.39 bits per heavy atom. The largest absolute Gasteiger partial charge is 0.480 e. The van der Waals surface area contributed by atoms with Crippen molar-refractivity contribution in [1.82, 2.24) is 5.32 Å². The lowest BCUT2D eigenvalue weighted by atomic mass is 9.76. The van der Waals surface area contributed by atoms with Crippen LogP contribution in [0.4, 0.5) is 4.39 Å². The summed E-state index contributed by atoms with van der Waals surface area (Å²) in [7, 11) is 0. The van der Waals surface area contributed by atoms with Gasteiger partial charge in [-0.05, 0) is 43.9 Å². The molecule has 1 aromatic carbocycles. The number of carbonyl (C=O) groups is 2. The third-order valence-electron chi connectivity index (χ3n) is 3.34. The van der Waals surface area contributed by atoms with Crippen LogP contribution in [-0.4, -0.2) is 22.5 Å². The topological polar surface area (TPSA) is 66.4 Å². The second kappa shape index (κ2) is 4.40. The minimum absolute atomic E-state index is 0.117. The van der Waals surface area contributed by atoms with Crippen LogP contribution in [0.3, 0.4) is 0 Å². The van der Waals surface area contributed by atoms with Gasteiger partial charge in [0.05, 0.1) is 5.56 Å². The molecule has 0 saturated heterocycles. The smallest absolute Gasteiger partial charge is 0.329 e. The van der Waals surface area contributed by atoms with Gasteiger partial charge in [-0.15, -0.1) is 0 Å². The first kappa shape index (κ1) is 12.5. The second-order valence-electron chi connectivity index (χ2n) is 4.68. The van der Waals surface area contributed by atoms with Crippen LogP contribution in [0.15, 0.2) is 18.2 Å². The summed E-state index contributed by atoms with van der Waals surface area (Å²) < 4.78 is 13.6. The zero-order valence-corrected chi connectivity index (χ0v) is 10.00. The molecule has 0 unspecified atom stereocenters. The van der Waals surface area contributed by atoms with E-state index in [1.807, 2.05) is 0 Å². The molecule has 1 aliphatic rings. The highest BCUT2D eigenvalue weighted by Crippen LogP contribution is 2.32. The summed E-state index contributed by atoms with van der Waals surface area (Å²) >= 11 is 0. The highest BCUT2D eigenvalue weighted by molar-refractivity contribution is 5.98. The molecule has 0 aromatic heterocycles. The van der Waals surface area contributed by atoms with Gasteiger partial charge in [-0.25, -0.2) is 9.18 Å². The molecule has 2 rings (SSSR count). The number of aliphatic carboxylic acids is 1. The van der Waals surface area contributed by atoms with E-state index in [-0.39, 0.29) is 5.56 Å². The first-order chi connectivity index (χ1) is 8.44. The average Bonchev–Trinajstić information content (AvgIpc) is 2.22. The molecule has 5 heteroatoms. The van der Waals surface area contributed by atoms with E-state index in [0.29, 0.717) is 18.4 Å². The first-order valence-electron chi connectivity index (χ1n) is 5.77. The Kier molecular flexibility index (Phi) is 3.07. The van der Waals surface area contributed by atoms with E-state index < -0.39 is 23.2 Å². The molecule has 1 aromatic rings. The van der Waals surface area contributed by atoms with Gasteiger partial charge in [0.2, 0.25) is 0 Å². The zero-order valence-electron chi connectivity index (χ0n) is 10.00. The molecule has 1 amide bonds. The maximum absolute atomic E-state index is 13.6. The zero-order chi connectivity index (χ0) is 13.3. The Hall–Kier alpha value is -1.91. The Balaban J connectivity index is 2.19. The van der Waals surface area contributed by atoms with Crippen molar-refractivity contribution in [2.75, 3.05) is 0 Å². The number of amides is 1. The molecular weight excluding hydrogens is 237 g/mol. The van der Waals surface area contributed by atoms with Gasteiger partial charge in [0.25, 0.3) is 5.91 Å². The molecule has 2 N–H and O–H groups in total. The fourth-order valence-corrected chi connectivity index (χ4v) is 2.01. The third kappa shape index (κ3) is 2.08. The highest BCUT2D eigenvalue weighted by Gasteiger charge is 2.45. The normalized spacial score (nSPS) is 16.8. The van der Waals surface area contributed by atoms with Crippen LogP contribution in [0.2, 0.25) is 0 Å². The van der Waals surface area contributed by atoms with E-state index in [1.54, 1.807) is 13.0 Å². The van der Waals surface area contributed by atoms with Gasteiger partial charge in [-0.2, -0.15) is 0 Å². The minimum atomic E-state index is -1.21. The van der Waals surface area contributed by atoms with E-state index in [2.05, 4.69) is 5.32 Å². The van der Waals surface area contributed by atoms with Gasteiger partial charge in [-0.1, -0.05) is 6.07 Å². The van der Waals surface area contributed by atoms with Crippen LogP contribution >= 0.6 is 0 Å². The molecule has 4 nitrogen and oxygen atoms in total. The maximum atomic E-state index is 13.6. The number of halogens is 1. The standard InChI is InChI=1S/C13H14FNO3/c1-8-3-4-9(10(14)7-8)11(16)15-13(12(17)18)5-2-6-13/h3-4,7H,2,5-6H2,1H3,(H,15,16)(H,17,18). The van der Waals surface area contributed by atoms with E-state index in [1.165, 1.54) is 12.1 Å². The van der Waals surface area contributed by atoms with Crippen molar-refractivity contribution in [2.45, 2.75) is 31.7 Å². The molecule has 1 saturated carbocycles. The van der Waals surface area contributed by atoms with Crippen LogP contribution in [0.5, 0.6) is 0 Å². The third-order valence-corrected chi connectivity index (χ3v) is 3.34. The average molecular weight is 251 g/mol. The predicted octanol–water partition coefficient (Wildman–Crippen LogP) is 1.87. The molecule has 18 heavy (non-hydrogen) atoms. The van der Waals surface area contributed by atoms with Crippen molar-refractivity contribution in [3.8, 4) is 0 Å². The van der Waals surface area contributed by atoms with Crippen LogP contribution < -0.4 is 5.32 Å². The Morgan fingerprint density at radius 3 is 2.50 bits per heavy atom. The predicted molar refractivity (Wildman–Crippen MR) is 62.8 cm³/mol. The van der Waals surface area contributed by atoms with Crippen LogP contribution in [0.1, 0.15) is 35.2 Å². The van der Waals surface area contributed by atoms with Crippen molar-refractivity contribution >= 4 is 11.9 Å².